The van der Waals surface area contributed by atoms with E-state index in [0.29, 0.717) is 11.6 Å². The number of hydrogen-bond donors (Lipinski definition) is 0. The average Bonchev–Trinajstić information content (AvgIpc) is 2.16. The van der Waals surface area contributed by atoms with Crippen molar-refractivity contribution >= 4 is 0 Å². The molecule has 66 valence electrons. The van der Waals surface area contributed by atoms with Gasteiger partial charge in [-0.1, -0.05) is 6.92 Å². The SMILES string of the molecule is CCc1cnc(OC)c(OC)c1. The molecule has 0 saturated heterocycles. The van der Waals surface area contributed by atoms with Crippen LogP contribution in [0.1, 0.15) is 12.5 Å². The summed E-state index contributed by atoms with van der Waals surface area (Å²) in [5.41, 5.74) is 1.15. The maximum atomic E-state index is 5.09. The smallest absolute Gasteiger partial charge is 0.256 e. The minimum atomic E-state index is 0.537. The second-order valence-corrected chi connectivity index (χ2v) is 2.41. The van der Waals surface area contributed by atoms with Crippen molar-refractivity contribution in [2.75, 3.05) is 14.2 Å². The van der Waals surface area contributed by atoms with Gasteiger partial charge in [-0.2, -0.15) is 0 Å². The van der Waals surface area contributed by atoms with Crippen LogP contribution >= 0.6 is 0 Å². The molecule has 0 amide bonds. The fourth-order valence-corrected chi connectivity index (χ4v) is 0.965. The van der Waals surface area contributed by atoms with Crippen molar-refractivity contribution in [3.05, 3.63) is 17.8 Å². The molecule has 0 radical (unpaired) electrons. The first-order chi connectivity index (χ1) is 5.81. The molecule has 0 spiro atoms. The molecular formula is C9H13NO2. The molecule has 1 aromatic heterocycles. The average molecular weight is 167 g/mol. The number of hydrogen-bond acceptors (Lipinski definition) is 3. The molecule has 0 bridgehead atoms. The lowest BCUT2D eigenvalue weighted by molar-refractivity contribution is 0.342. The lowest BCUT2D eigenvalue weighted by Crippen LogP contribution is -1.94. The van der Waals surface area contributed by atoms with Gasteiger partial charge in [0.1, 0.15) is 0 Å². The van der Waals surface area contributed by atoms with Gasteiger partial charge in [-0.25, -0.2) is 4.98 Å². The highest BCUT2D eigenvalue weighted by molar-refractivity contribution is 5.36. The zero-order chi connectivity index (χ0) is 8.97. The van der Waals surface area contributed by atoms with Crippen LogP contribution in [-0.2, 0) is 6.42 Å². The summed E-state index contributed by atoms with van der Waals surface area (Å²) in [6.45, 7) is 2.07. The van der Waals surface area contributed by atoms with Gasteiger partial charge in [0.25, 0.3) is 5.88 Å². The fourth-order valence-electron chi connectivity index (χ4n) is 0.965. The number of ether oxygens (including phenoxy) is 2. The summed E-state index contributed by atoms with van der Waals surface area (Å²) < 4.78 is 10.1. The predicted molar refractivity (Wildman–Crippen MR) is 46.7 cm³/mol. The number of methoxy groups -OCH3 is 2. The third-order valence-corrected chi connectivity index (χ3v) is 1.70. The summed E-state index contributed by atoms with van der Waals surface area (Å²) in [6.07, 6.45) is 2.74. The van der Waals surface area contributed by atoms with E-state index in [0.717, 1.165) is 12.0 Å². The van der Waals surface area contributed by atoms with Crippen LogP contribution in [0.5, 0.6) is 11.6 Å². The fraction of sp³-hybridized carbons (Fsp3) is 0.444. The van der Waals surface area contributed by atoms with Crippen LogP contribution in [0.15, 0.2) is 12.3 Å². The van der Waals surface area contributed by atoms with Crippen LogP contribution in [0, 0.1) is 0 Å². The molecule has 1 aromatic rings. The molecule has 12 heavy (non-hydrogen) atoms. The Morgan fingerprint density at radius 1 is 1.33 bits per heavy atom. The first kappa shape index (κ1) is 8.84. The molecule has 0 aliphatic carbocycles. The third kappa shape index (κ3) is 1.67. The van der Waals surface area contributed by atoms with E-state index in [1.807, 2.05) is 6.07 Å². The Kier molecular flexibility index (Phi) is 2.91. The highest BCUT2D eigenvalue weighted by Gasteiger charge is 2.04. The van der Waals surface area contributed by atoms with Gasteiger partial charge in [-0.05, 0) is 18.1 Å². The van der Waals surface area contributed by atoms with Crippen molar-refractivity contribution in [1.82, 2.24) is 4.98 Å². The highest BCUT2D eigenvalue weighted by Crippen LogP contribution is 2.24. The van der Waals surface area contributed by atoms with Crippen LogP contribution in [-0.4, -0.2) is 19.2 Å². The molecule has 0 fully saturated rings. The Hall–Kier alpha value is -1.25. The second kappa shape index (κ2) is 3.95. The highest BCUT2D eigenvalue weighted by atomic mass is 16.5. The summed E-state index contributed by atoms with van der Waals surface area (Å²) in [4.78, 5) is 4.09. The van der Waals surface area contributed by atoms with Gasteiger partial charge >= 0.3 is 0 Å². The van der Waals surface area contributed by atoms with E-state index in [2.05, 4.69) is 11.9 Å². The minimum Gasteiger partial charge on any atom is -0.491 e. The molecule has 0 aliphatic rings. The zero-order valence-electron chi connectivity index (χ0n) is 7.63. The second-order valence-electron chi connectivity index (χ2n) is 2.41. The molecule has 0 N–H and O–H groups in total. The molecule has 0 aromatic carbocycles. The van der Waals surface area contributed by atoms with Gasteiger partial charge in [0.2, 0.25) is 0 Å². The van der Waals surface area contributed by atoms with E-state index in [-0.39, 0.29) is 0 Å². The van der Waals surface area contributed by atoms with E-state index in [1.54, 1.807) is 20.4 Å². The summed E-state index contributed by atoms with van der Waals surface area (Å²) in [5, 5.41) is 0. The molecule has 0 unspecified atom stereocenters. The first-order valence-electron chi connectivity index (χ1n) is 3.88. The van der Waals surface area contributed by atoms with Gasteiger partial charge < -0.3 is 9.47 Å². The monoisotopic (exact) mass is 167 g/mol. The summed E-state index contributed by atoms with van der Waals surface area (Å²) in [5.74, 6) is 1.23. The number of aromatic nitrogens is 1. The number of rotatable bonds is 3. The van der Waals surface area contributed by atoms with E-state index < -0.39 is 0 Å². The van der Waals surface area contributed by atoms with Gasteiger partial charge in [0, 0.05) is 6.20 Å². The van der Waals surface area contributed by atoms with Crippen molar-refractivity contribution in [3.63, 3.8) is 0 Å². The molecule has 3 nitrogen and oxygen atoms in total. The molecule has 0 saturated carbocycles. The van der Waals surface area contributed by atoms with E-state index in [4.69, 9.17) is 9.47 Å². The maximum Gasteiger partial charge on any atom is 0.256 e. The molecule has 1 rings (SSSR count). The summed E-state index contributed by atoms with van der Waals surface area (Å²) in [6, 6.07) is 1.94. The zero-order valence-corrected chi connectivity index (χ0v) is 7.63. The van der Waals surface area contributed by atoms with Crippen LogP contribution in [0.3, 0.4) is 0 Å². The van der Waals surface area contributed by atoms with Crippen molar-refractivity contribution in [2.45, 2.75) is 13.3 Å². The Labute approximate surface area is 72.3 Å². The number of nitrogens with zero attached hydrogens (tertiary/aromatic N) is 1. The van der Waals surface area contributed by atoms with E-state index >= 15 is 0 Å². The molecular weight excluding hydrogens is 154 g/mol. The molecule has 0 atom stereocenters. The summed E-state index contributed by atoms with van der Waals surface area (Å²) in [7, 11) is 3.19. The largest absolute Gasteiger partial charge is 0.491 e. The normalized spacial score (nSPS) is 9.58. The Bertz CT molecular complexity index is 261. The van der Waals surface area contributed by atoms with Crippen molar-refractivity contribution in [1.29, 1.82) is 0 Å². The third-order valence-electron chi connectivity index (χ3n) is 1.70. The molecule has 1 heterocycles. The number of pyridine rings is 1. The van der Waals surface area contributed by atoms with Gasteiger partial charge in [0.05, 0.1) is 14.2 Å². The van der Waals surface area contributed by atoms with Gasteiger partial charge in [-0.3, -0.25) is 0 Å². The first-order valence-corrected chi connectivity index (χ1v) is 3.88. The summed E-state index contributed by atoms with van der Waals surface area (Å²) >= 11 is 0. The van der Waals surface area contributed by atoms with Crippen LogP contribution in [0.25, 0.3) is 0 Å². The molecule has 0 aliphatic heterocycles. The van der Waals surface area contributed by atoms with E-state index in [9.17, 15) is 0 Å². The molecule has 3 heteroatoms. The minimum absolute atomic E-state index is 0.537. The standard InChI is InChI=1S/C9H13NO2/c1-4-7-5-8(11-2)9(12-3)10-6-7/h5-6H,4H2,1-3H3. The van der Waals surface area contributed by atoms with Crippen molar-refractivity contribution in [2.24, 2.45) is 0 Å². The topological polar surface area (TPSA) is 31.4 Å². The Morgan fingerprint density at radius 2 is 2.08 bits per heavy atom. The van der Waals surface area contributed by atoms with Crippen LogP contribution < -0.4 is 9.47 Å². The Balaban J connectivity index is 3.02. The van der Waals surface area contributed by atoms with E-state index in [1.165, 1.54) is 0 Å². The van der Waals surface area contributed by atoms with Crippen molar-refractivity contribution < 1.29 is 9.47 Å². The lowest BCUT2D eigenvalue weighted by Gasteiger charge is -2.06. The van der Waals surface area contributed by atoms with Crippen LogP contribution in [0.4, 0.5) is 0 Å². The lowest BCUT2D eigenvalue weighted by atomic mass is 10.2. The Morgan fingerprint density at radius 3 is 2.58 bits per heavy atom. The van der Waals surface area contributed by atoms with Crippen molar-refractivity contribution in [3.8, 4) is 11.6 Å². The van der Waals surface area contributed by atoms with Gasteiger partial charge in [0.15, 0.2) is 5.75 Å². The quantitative estimate of drug-likeness (QED) is 0.686. The maximum absolute atomic E-state index is 5.09. The predicted octanol–water partition coefficient (Wildman–Crippen LogP) is 1.66. The van der Waals surface area contributed by atoms with Gasteiger partial charge in [-0.15, -0.1) is 0 Å². The van der Waals surface area contributed by atoms with Crippen LogP contribution in [0.2, 0.25) is 0 Å². The number of aryl methyl sites for hydroxylation is 1.